The summed E-state index contributed by atoms with van der Waals surface area (Å²) in [6, 6.07) is 1.75. The van der Waals surface area contributed by atoms with Crippen molar-refractivity contribution in [2.75, 3.05) is 12.4 Å². The Morgan fingerprint density at radius 2 is 1.89 bits per heavy atom. The van der Waals surface area contributed by atoms with E-state index < -0.39 is 29.4 Å². The normalized spacial score (nSPS) is 10.9. The van der Waals surface area contributed by atoms with Crippen molar-refractivity contribution in [2.24, 2.45) is 0 Å². The van der Waals surface area contributed by atoms with Gasteiger partial charge >= 0.3 is 18.1 Å². The van der Waals surface area contributed by atoms with E-state index in [0.29, 0.717) is 12.1 Å². The third kappa shape index (κ3) is 3.19. The summed E-state index contributed by atoms with van der Waals surface area (Å²) in [5.41, 5.74) is -1.74. The van der Waals surface area contributed by atoms with Gasteiger partial charge in [-0.15, -0.1) is 0 Å². The van der Waals surface area contributed by atoms with Crippen molar-refractivity contribution in [3.8, 4) is 0 Å². The van der Waals surface area contributed by atoms with Gasteiger partial charge in [0.1, 0.15) is 5.82 Å². The number of benzene rings is 1. The van der Waals surface area contributed by atoms with Gasteiger partial charge in [-0.05, 0) is 18.2 Å². The van der Waals surface area contributed by atoms with Crippen LogP contribution < -0.4 is 5.32 Å². The first kappa shape index (κ1) is 13.9. The van der Waals surface area contributed by atoms with Crippen LogP contribution >= 0.6 is 0 Å². The summed E-state index contributed by atoms with van der Waals surface area (Å²) in [4.78, 5) is 21.7. The quantitative estimate of drug-likeness (QED) is 0.479. The van der Waals surface area contributed by atoms with E-state index in [1.54, 1.807) is 0 Å². The van der Waals surface area contributed by atoms with Crippen LogP contribution in [0.25, 0.3) is 0 Å². The Labute approximate surface area is 98.5 Å². The summed E-state index contributed by atoms with van der Waals surface area (Å²) in [5.74, 6) is -4.00. The minimum atomic E-state index is -4.82. The number of esters is 1. The summed E-state index contributed by atoms with van der Waals surface area (Å²) in [6.07, 6.45) is -4.82. The highest BCUT2D eigenvalue weighted by molar-refractivity contribution is 6.37. The number of hydrogen-bond acceptors (Lipinski definition) is 3. The molecule has 98 valence electrons. The van der Waals surface area contributed by atoms with Crippen molar-refractivity contribution >= 4 is 17.6 Å². The van der Waals surface area contributed by atoms with Gasteiger partial charge in [0.05, 0.1) is 12.7 Å². The summed E-state index contributed by atoms with van der Waals surface area (Å²) < 4.78 is 53.8. The lowest BCUT2D eigenvalue weighted by Gasteiger charge is -2.09. The van der Waals surface area contributed by atoms with Gasteiger partial charge in [0, 0.05) is 5.69 Å². The van der Waals surface area contributed by atoms with Crippen molar-refractivity contribution < 1.29 is 31.9 Å². The summed E-state index contributed by atoms with van der Waals surface area (Å²) >= 11 is 0. The van der Waals surface area contributed by atoms with Gasteiger partial charge in [0.25, 0.3) is 0 Å². The van der Waals surface area contributed by atoms with E-state index in [4.69, 9.17) is 0 Å². The predicted octanol–water partition coefficient (Wildman–Crippen LogP) is 1.96. The second-order valence-corrected chi connectivity index (χ2v) is 3.14. The van der Waals surface area contributed by atoms with Gasteiger partial charge in [-0.25, -0.2) is 9.18 Å². The SMILES string of the molecule is COC(=O)C(=O)Nc1ccc(C(F)(F)F)c(F)c1. The van der Waals surface area contributed by atoms with Gasteiger partial charge < -0.3 is 10.1 Å². The van der Waals surface area contributed by atoms with E-state index in [-0.39, 0.29) is 5.69 Å². The minimum Gasteiger partial charge on any atom is -0.462 e. The van der Waals surface area contributed by atoms with Crippen LogP contribution in [0.4, 0.5) is 23.2 Å². The minimum absolute atomic E-state index is 0.282. The number of ether oxygens (including phenoxy) is 1. The molecule has 0 aliphatic rings. The molecule has 0 aliphatic carbocycles. The third-order valence-electron chi connectivity index (χ3n) is 1.90. The van der Waals surface area contributed by atoms with Gasteiger partial charge in [-0.1, -0.05) is 0 Å². The van der Waals surface area contributed by atoms with E-state index in [9.17, 15) is 27.2 Å². The lowest BCUT2D eigenvalue weighted by atomic mass is 10.2. The molecule has 0 heterocycles. The van der Waals surface area contributed by atoms with Crippen LogP contribution in [-0.4, -0.2) is 19.0 Å². The Hall–Kier alpha value is -2.12. The molecule has 0 unspecified atom stereocenters. The number of amides is 1. The second kappa shape index (κ2) is 5.03. The number of anilines is 1. The Balaban J connectivity index is 2.92. The van der Waals surface area contributed by atoms with Crippen LogP contribution in [0.5, 0.6) is 0 Å². The monoisotopic (exact) mass is 265 g/mol. The largest absolute Gasteiger partial charge is 0.462 e. The molecule has 0 saturated carbocycles. The highest BCUT2D eigenvalue weighted by atomic mass is 19.4. The summed E-state index contributed by atoms with van der Waals surface area (Å²) in [6.45, 7) is 0. The number of alkyl halides is 3. The lowest BCUT2D eigenvalue weighted by Crippen LogP contribution is -2.24. The number of hydrogen-bond donors (Lipinski definition) is 1. The van der Waals surface area contributed by atoms with Crippen molar-refractivity contribution in [1.82, 2.24) is 0 Å². The molecule has 8 heteroatoms. The molecule has 1 amide bonds. The molecule has 0 aromatic heterocycles. The fourth-order valence-electron chi connectivity index (χ4n) is 1.10. The molecule has 1 aromatic rings. The number of halogens is 4. The molecule has 1 N–H and O–H groups in total. The van der Waals surface area contributed by atoms with E-state index in [1.807, 2.05) is 5.32 Å². The molecule has 0 atom stereocenters. The average molecular weight is 265 g/mol. The van der Waals surface area contributed by atoms with Gasteiger partial charge in [-0.3, -0.25) is 4.79 Å². The van der Waals surface area contributed by atoms with Crippen molar-refractivity contribution in [3.05, 3.63) is 29.6 Å². The lowest BCUT2D eigenvalue weighted by molar-refractivity contribution is -0.150. The van der Waals surface area contributed by atoms with Crippen LogP contribution in [0.15, 0.2) is 18.2 Å². The molecule has 18 heavy (non-hydrogen) atoms. The van der Waals surface area contributed by atoms with E-state index in [0.717, 1.165) is 13.2 Å². The zero-order valence-electron chi connectivity index (χ0n) is 8.97. The molecule has 0 fully saturated rings. The molecule has 0 spiro atoms. The summed E-state index contributed by atoms with van der Waals surface area (Å²) in [5, 5.41) is 1.89. The van der Waals surface area contributed by atoms with Gasteiger partial charge in [-0.2, -0.15) is 13.2 Å². The van der Waals surface area contributed by atoms with Crippen molar-refractivity contribution in [1.29, 1.82) is 0 Å². The average Bonchev–Trinajstić information content (AvgIpc) is 2.26. The van der Waals surface area contributed by atoms with Crippen LogP contribution in [-0.2, 0) is 20.5 Å². The maximum absolute atomic E-state index is 13.1. The Morgan fingerprint density at radius 3 is 2.33 bits per heavy atom. The van der Waals surface area contributed by atoms with Crippen molar-refractivity contribution in [3.63, 3.8) is 0 Å². The van der Waals surface area contributed by atoms with Crippen LogP contribution in [0.3, 0.4) is 0 Å². The highest BCUT2D eigenvalue weighted by Crippen LogP contribution is 2.32. The zero-order valence-corrected chi connectivity index (χ0v) is 8.97. The van der Waals surface area contributed by atoms with E-state index in [1.165, 1.54) is 0 Å². The number of nitrogens with one attached hydrogen (secondary N) is 1. The first-order valence-corrected chi connectivity index (χ1v) is 4.51. The molecule has 0 radical (unpaired) electrons. The van der Waals surface area contributed by atoms with Crippen molar-refractivity contribution in [2.45, 2.75) is 6.18 Å². The number of rotatable bonds is 1. The maximum Gasteiger partial charge on any atom is 0.419 e. The molecular weight excluding hydrogens is 258 g/mol. The number of methoxy groups -OCH3 is 1. The maximum atomic E-state index is 13.1. The number of carbonyl (C=O) groups excluding carboxylic acids is 2. The first-order chi connectivity index (χ1) is 8.25. The van der Waals surface area contributed by atoms with Gasteiger partial charge in [0.15, 0.2) is 0 Å². The predicted molar refractivity (Wildman–Crippen MR) is 52.0 cm³/mol. The van der Waals surface area contributed by atoms with E-state index in [2.05, 4.69) is 4.74 Å². The number of carbonyl (C=O) groups is 2. The molecule has 0 aliphatic heterocycles. The molecule has 1 aromatic carbocycles. The van der Waals surface area contributed by atoms with Crippen LogP contribution in [0.1, 0.15) is 5.56 Å². The molecule has 1 rings (SSSR count). The zero-order chi connectivity index (χ0) is 13.9. The second-order valence-electron chi connectivity index (χ2n) is 3.14. The van der Waals surface area contributed by atoms with Gasteiger partial charge in [0.2, 0.25) is 0 Å². The fourth-order valence-corrected chi connectivity index (χ4v) is 1.10. The third-order valence-corrected chi connectivity index (χ3v) is 1.90. The Morgan fingerprint density at radius 1 is 1.28 bits per heavy atom. The van der Waals surface area contributed by atoms with Crippen LogP contribution in [0.2, 0.25) is 0 Å². The summed E-state index contributed by atoms with van der Waals surface area (Å²) in [7, 11) is 0.954. The standard InChI is InChI=1S/C10H7F4NO3/c1-18-9(17)8(16)15-5-2-3-6(7(11)4-5)10(12,13)14/h2-4H,1H3,(H,15,16). The molecular formula is C10H7F4NO3. The van der Waals surface area contributed by atoms with E-state index >= 15 is 0 Å². The van der Waals surface area contributed by atoms with Crippen LogP contribution in [0, 0.1) is 5.82 Å². The molecule has 0 bridgehead atoms. The first-order valence-electron chi connectivity index (χ1n) is 4.51. The highest BCUT2D eigenvalue weighted by Gasteiger charge is 2.34. The fraction of sp³-hybridized carbons (Fsp3) is 0.200. The topological polar surface area (TPSA) is 55.4 Å². The molecule has 4 nitrogen and oxygen atoms in total. The smallest absolute Gasteiger partial charge is 0.419 e. The Bertz CT molecular complexity index is 485. The molecule has 0 saturated heterocycles. The Kier molecular flexibility index (Phi) is 3.89.